The molecule has 1 aliphatic rings. The molecular weight excluding hydrogens is 291 g/mol. The van der Waals surface area contributed by atoms with Crippen molar-refractivity contribution in [2.24, 2.45) is 0 Å². The molecule has 0 N–H and O–H groups in total. The second-order valence-corrected chi connectivity index (χ2v) is 6.60. The molecule has 0 radical (unpaired) electrons. The molecular formula is C22H13BO. The molecule has 5 aromatic rings. The predicted molar refractivity (Wildman–Crippen MR) is 104 cm³/mol. The molecule has 0 bridgehead atoms. The topological polar surface area (TPSA) is 13.1 Å². The molecule has 4 aromatic carbocycles. The zero-order chi connectivity index (χ0) is 15.8. The monoisotopic (exact) mass is 304 g/mol. The first kappa shape index (κ1) is 12.4. The molecule has 1 aliphatic carbocycles. The molecule has 0 saturated heterocycles. The zero-order valence-corrected chi connectivity index (χ0v) is 13.3. The van der Waals surface area contributed by atoms with E-state index in [0.29, 0.717) is 0 Å². The molecule has 0 fully saturated rings. The quantitative estimate of drug-likeness (QED) is 0.372. The van der Waals surface area contributed by atoms with Gasteiger partial charge in [-0.1, -0.05) is 60.1 Å². The lowest BCUT2D eigenvalue weighted by Gasteiger charge is -2.08. The lowest BCUT2D eigenvalue weighted by Crippen LogP contribution is -2.07. The van der Waals surface area contributed by atoms with Gasteiger partial charge < -0.3 is 4.42 Å². The normalized spacial score (nSPS) is 12.3. The standard InChI is InChI=1S/C22H13BO/c23-22-20-15-9-4-6-12-5-3-8-13(19(12)15)16(20)11-18-21(22)14-7-1-2-10-17(14)24-18/h1-11H,23H2. The van der Waals surface area contributed by atoms with Gasteiger partial charge in [-0.05, 0) is 45.2 Å². The van der Waals surface area contributed by atoms with Crippen LogP contribution in [0.15, 0.2) is 71.1 Å². The SMILES string of the molecule is Bc1c2c(cc3oc4ccccc4c13)-c1cccc3cccc-2c13. The zero-order valence-electron chi connectivity index (χ0n) is 13.3. The summed E-state index contributed by atoms with van der Waals surface area (Å²) in [6, 6.07) is 23.7. The Morgan fingerprint density at radius 3 is 2.33 bits per heavy atom. The van der Waals surface area contributed by atoms with Gasteiger partial charge in [-0.3, -0.25) is 0 Å². The van der Waals surface area contributed by atoms with Crippen LogP contribution < -0.4 is 5.46 Å². The summed E-state index contributed by atoms with van der Waals surface area (Å²) in [7, 11) is 2.23. The van der Waals surface area contributed by atoms with Crippen LogP contribution in [0, 0.1) is 0 Å². The van der Waals surface area contributed by atoms with Crippen LogP contribution in [0.25, 0.3) is 55.0 Å². The minimum Gasteiger partial charge on any atom is -0.456 e. The highest BCUT2D eigenvalue weighted by molar-refractivity contribution is 6.47. The number of rotatable bonds is 0. The molecule has 0 saturated carbocycles. The molecule has 0 spiro atoms. The Morgan fingerprint density at radius 2 is 1.46 bits per heavy atom. The Kier molecular flexibility index (Phi) is 2.12. The largest absolute Gasteiger partial charge is 0.456 e. The summed E-state index contributed by atoms with van der Waals surface area (Å²) in [4.78, 5) is 0. The molecule has 6 rings (SSSR count). The van der Waals surface area contributed by atoms with E-state index >= 15 is 0 Å². The van der Waals surface area contributed by atoms with Gasteiger partial charge >= 0.3 is 0 Å². The summed E-state index contributed by atoms with van der Waals surface area (Å²) in [5, 5.41) is 5.13. The third-order valence-corrected chi connectivity index (χ3v) is 5.38. The number of para-hydroxylation sites is 1. The first-order valence-electron chi connectivity index (χ1n) is 8.30. The average molecular weight is 304 g/mol. The van der Waals surface area contributed by atoms with Crippen molar-refractivity contribution < 1.29 is 4.42 Å². The van der Waals surface area contributed by atoms with Crippen LogP contribution in [0.3, 0.4) is 0 Å². The maximum atomic E-state index is 6.15. The van der Waals surface area contributed by atoms with Crippen LogP contribution in [0.5, 0.6) is 0 Å². The van der Waals surface area contributed by atoms with Crippen molar-refractivity contribution in [3.8, 4) is 22.3 Å². The smallest absolute Gasteiger partial charge is 0.141 e. The van der Waals surface area contributed by atoms with Crippen molar-refractivity contribution in [2.75, 3.05) is 0 Å². The van der Waals surface area contributed by atoms with E-state index in [1.54, 1.807) is 0 Å². The van der Waals surface area contributed by atoms with Gasteiger partial charge in [-0.25, -0.2) is 0 Å². The van der Waals surface area contributed by atoms with Gasteiger partial charge in [0, 0.05) is 10.8 Å². The minimum absolute atomic E-state index is 0.964. The molecule has 24 heavy (non-hydrogen) atoms. The molecule has 0 unspecified atom stereocenters. The summed E-state index contributed by atoms with van der Waals surface area (Å²) in [6.07, 6.45) is 0. The highest BCUT2D eigenvalue weighted by Gasteiger charge is 2.25. The molecule has 0 aliphatic heterocycles. The van der Waals surface area contributed by atoms with Crippen LogP contribution in [-0.4, -0.2) is 7.85 Å². The van der Waals surface area contributed by atoms with E-state index in [-0.39, 0.29) is 0 Å². The number of hydrogen-bond donors (Lipinski definition) is 0. The maximum absolute atomic E-state index is 6.15. The number of fused-ring (bicyclic) bond motifs is 6. The van der Waals surface area contributed by atoms with Crippen molar-refractivity contribution in [1.82, 2.24) is 0 Å². The van der Waals surface area contributed by atoms with Gasteiger partial charge in [-0.2, -0.15) is 0 Å². The predicted octanol–water partition coefficient (Wildman–Crippen LogP) is 4.65. The van der Waals surface area contributed by atoms with Crippen molar-refractivity contribution in [2.45, 2.75) is 0 Å². The Bertz CT molecular complexity index is 1310. The molecule has 110 valence electrons. The van der Waals surface area contributed by atoms with Gasteiger partial charge in [0.2, 0.25) is 0 Å². The number of furan rings is 1. The van der Waals surface area contributed by atoms with Crippen LogP contribution >= 0.6 is 0 Å². The van der Waals surface area contributed by atoms with Gasteiger partial charge in [0.05, 0.1) is 0 Å². The van der Waals surface area contributed by atoms with Gasteiger partial charge in [-0.15, -0.1) is 0 Å². The Hall–Kier alpha value is -3.00. The number of hydrogen-bond acceptors (Lipinski definition) is 1. The van der Waals surface area contributed by atoms with Crippen molar-refractivity contribution >= 4 is 46.0 Å². The molecule has 1 heterocycles. The fourth-order valence-corrected chi connectivity index (χ4v) is 4.42. The Morgan fingerprint density at radius 1 is 0.667 bits per heavy atom. The van der Waals surface area contributed by atoms with E-state index in [9.17, 15) is 0 Å². The second-order valence-electron chi connectivity index (χ2n) is 6.60. The van der Waals surface area contributed by atoms with E-state index in [0.717, 1.165) is 11.2 Å². The molecule has 0 atom stereocenters. The summed E-state index contributed by atoms with van der Waals surface area (Å²) in [5.74, 6) is 0. The first-order chi connectivity index (χ1) is 11.8. The minimum atomic E-state index is 0.964. The Labute approximate surface area is 139 Å². The van der Waals surface area contributed by atoms with Crippen LogP contribution in [0.4, 0.5) is 0 Å². The summed E-state index contributed by atoms with van der Waals surface area (Å²) in [5.41, 5.74) is 8.59. The summed E-state index contributed by atoms with van der Waals surface area (Å²) in [6.45, 7) is 0. The third-order valence-electron chi connectivity index (χ3n) is 5.38. The fraction of sp³-hybridized carbons (Fsp3) is 0. The van der Waals surface area contributed by atoms with E-state index in [4.69, 9.17) is 4.42 Å². The lowest BCUT2D eigenvalue weighted by molar-refractivity contribution is 0.669. The van der Waals surface area contributed by atoms with Crippen molar-refractivity contribution in [1.29, 1.82) is 0 Å². The summed E-state index contributed by atoms with van der Waals surface area (Å²) < 4.78 is 6.15. The maximum Gasteiger partial charge on any atom is 0.141 e. The van der Waals surface area contributed by atoms with Gasteiger partial charge in [0.25, 0.3) is 0 Å². The lowest BCUT2D eigenvalue weighted by atomic mass is 9.82. The van der Waals surface area contributed by atoms with Crippen molar-refractivity contribution in [3.05, 3.63) is 66.7 Å². The molecule has 0 amide bonds. The molecule has 1 aromatic heterocycles. The van der Waals surface area contributed by atoms with E-state index in [1.165, 1.54) is 49.3 Å². The Balaban J connectivity index is 1.88. The highest BCUT2D eigenvalue weighted by Crippen LogP contribution is 2.48. The average Bonchev–Trinajstić information content (AvgIpc) is 3.14. The third kappa shape index (κ3) is 1.33. The molecule has 2 heteroatoms. The summed E-state index contributed by atoms with van der Waals surface area (Å²) >= 11 is 0. The van der Waals surface area contributed by atoms with E-state index in [2.05, 4.69) is 68.5 Å². The molecule has 1 nitrogen and oxygen atoms in total. The van der Waals surface area contributed by atoms with E-state index in [1.807, 2.05) is 6.07 Å². The fourth-order valence-electron chi connectivity index (χ4n) is 4.42. The highest BCUT2D eigenvalue weighted by atomic mass is 16.3. The first-order valence-corrected chi connectivity index (χ1v) is 8.30. The van der Waals surface area contributed by atoms with Gasteiger partial charge in [0.15, 0.2) is 0 Å². The van der Waals surface area contributed by atoms with Crippen LogP contribution in [-0.2, 0) is 0 Å². The number of benzene rings is 4. The van der Waals surface area contributed by atoms with Gasteiger partial charge in [0.1, 0.15) is 19.0 Å². The van der Waals surface area contributed by atoms with Crippen LogP contribution in [0.2, 0.25) is 0 Å². The van der Waals surface area contributed by atoms with Crippen LogP contribution in [0.1, 0.15) is 0 Å². The second kappa shape index (κ2) is 4.10. The van der Waals surface area contributed by atoms with Crippen molar-refractivity contribution in [3.63, 3.8) is 0 Å². The van der Waals surface area contributed by atoms with E-state index < -0.39 is 0 Å².